The van der Waals surface area contributed by atoms with Crippen LogP contribution in [0.1, 0.15) is 5.56 Å². The lowest BCUT2D eigenvalue weighted by Crippen LogP contribution is -2.29. The number of anilines is 1. The number of halogens is 1. The number of rotatable bonds is 5. The number of nitrogens with two attached hydrogens (primary N) is 1. The van der Waals surface area contributed by atoms with Crippen molar-refractivity contribution in [2.24, 2.45) is 0 Å². The van der Waals surface area contributed by atoms with Crippen LogP contribution in [-0.2, 0) is 10.0 Å². The van der Waals surface area contributed by atoms with Gasteiger partial charge in [0.2, 0.25) is 10.0 Å². The Morgan fingerprint density at radius 1 is 1.44 bits per heavy atom. The summed E-state index contributed by atoms with van der Waals surface area (Å²) < 4.78 is 39.0. The number of nitrogen functional groups attached to an aromatic ring is 1. The molecule has 0 amide bonds. The van der Waals surface area contributed by atoms with Crippen LogP contribution in [0.15, 0.2) is 17.0 Å². The van der Waals surface area contributed by atoms with Crippen LogP contribution in [0, 0.1) is 12.7 Å². The van der Waals surface area contributed by atoms with E-state index in [1.807, 2.05) is 6.26 Å². The van der Waals surface area contributed by atoms with Crippen molar-refractivity contribution in [1.29, 1.82) is 0 Å². The van der Waals surface area contributed by atoms with Gasteiger partial charge in [-0.1, -0.05) is 0 Å². The average molecular weight is 292 g/mol. The van der Waals surface area contributed by atoms with Crippen LogP contribution in [0.4, 0.5) is 10.1 Å². The molecule has 1 aromatic carbocycles. The summed E-state index contributed by atoms with van der Waals surface area (Å²) in [6.07, 6.45) is 1.90. The van der Waals surface area contributed by atoms with Gasteiger partial charge in [-0.2, -0.15) is 11.8 Å². The molecule has 0 saturated carbocycles. The quantitative estimate of drug-likeness (QED) is 0.839. The van der Waals surface area contributed by atoms with E-state index in [2.05, 4.69) is 0 Å². The first kappa shape index (κ1) is 15.3. The maximum Gasteiger partial charge on any atom is 0.242 e. The van der Waals surface area contributed by atoms with E-state index in [-0.39, 0.29) is 16.1 Å². The van der Waals surface area contributed by atoms with Gasteiger partial charge >= 0.3 is 0 Å². The molecule has 0 saturated heterocycles. The third kappa shape index (κ3) is 3.15. The number of nitrogens with zero attached hydrogens (tertiary/aromatic N) is 1. The van der Waals surface area contributed by atoms with Crippen molar-refractivity contribution < 1.29 is 12.8 Å². The van der Waals surface area contributed by atoms with Crippen LogP contribution in [-0.4, -0.2) is 38.3 Å². The molecule has 0 aliphatic rings. The number of thioether (sulfide) groups is 1. The molecule has 0 atom stereocenters. The number of hydrogen-bond donors (Lipinski definition) is 1. The predicted molar refractivity (Wildman–Crippen MR) is 73.7 cm³/mol. The van der Waals surface area contributed by atoms with Crippen molar-refractivity contribution in [3.05, 3.63) is 23.5 Å². The zero-order valence-electron chi connectivity index (χ0n) is 10.6. The third-order valence-corrected chi connectivity index (χ3v) is 5.00. The van der Waals surface area contributed by atoms with Gasteiger partial charge in [0, 0.05) is 19.3 Å². The third-order valence-electron chi connectivity index (χ3n) is 2.57. The first-order valence-electron chi connectivity index (χ1n) is 5.31. The highest BCUT2D eigenvalue weighted by Crippen LogP contribution is 2.23. The highest BCUT2D eigenvalue weighted by Gasteiger charge is 2.22. The fourth-order valence-corrected chi connectivity index (χ4v) is 3.30. The van der Waals surface area contributed by atoms with Gasteiger partial charge in [-0.05, 0) is 30.9 Å². The molecule has 0 heterocycles. The second-order valence-corrected chi connectivity index (χ2v) is 6.99. The van der Waals surface area contributed by atoms with Gasteiger partial charge in [-0.15, -0.1) is 0 Å². The van der Waals surface area contributed by atoms with E-state index in [4.69, 9.17) is 5.73 Å². The molecule has 0 aliphatic heterocycles. The second-order valence-electron chi connectivity index (χ2n) is 3.96. The lowest BCUT2D eigenvalue weighted by molar-refractivity contribution is 0.488. The van der Waals surface area contributed by atoms with Crippen molar-refractivity contribution in [3.63, 3.8) is 0 Å². The summed E-state index contributed by atoms with van der Waals surface area (Å²) in [5, 5.41) is 0. The molecule has 0 aromatic heterocycles. The zero-order chi connectivity index (χ0) is 13.9. The summed E-state index contributed by atoms with van der Waals surface area (Å²) in [5.74, 6) is 0.131. The molecule has 0 unspecified atom stereocenters. The Labute approximate surface area is 111 Å². The van der Waals surface area contributed by atoms with Gasteiger partial charge in [0.25, 0.3) is 0 Å². The lowest BCUT2D eigenvalue weighted by atomic mass is 10.2. The molecule has 7 heteroatoms. The Morgan fingerprint density at radius 2 is 2.06 bits per heavy atom. The van der Waals surface area contributed by atoms with Gasteiger partial charge < -0.3 is 5.73 Å². The van der Waals surface area contributed by atoms with E-state index in [0.29, 0.717) is 12.3 Å². The molecule has 4 nitrogen and oxygen atoms in total. The molecule has 0 fully saturated rings. The fourth-order valence-electron chi connectivity index (χ4n) is 1.43. The van der Waals surface area contributed by atoms with Gasteiger partial charge in [-0.25, -0.2) is 17.1 Å². The molecular weight excluding hydrogens is 275 g/mol. The van der Waals surface area contributed by atoms with E-state index in [0.717, 1.165) is 6.07 Å². The highest BCUT2D eigenvalue weighted by atomic mass is 32.2. The topological polar surface area (TPSA) is 63.4 Å². The molecule has 18 heavy (non-hydrogen) atoms. The maximum absolute atomic E-state index is 13.4. The summed E-state index contributed by atoms with van der Waals surface area (Å²) in [7, 11) is -2.10. The lowest BCUT2D eigenvalue weighted by Gasteiger charge is -2.17. The Balaban J connectivity index is 3.13. The number of aryl methyl sites for hydroxylation is 1. The maximum atomic E-state index is 13.4. The second kappa shape index (κ2) is 5.90. The van der Waals surface area contributed by atoms with Crippen molar-refractivity contribution in [2.75, 3.05) is 31.3 Å². The predicted octanol–water partition coefficient (Wildman–Crippen LogP) is 1.70. The van der Waals surface area contributed by atoms with Crippen molar-refractivity contribution in [1.82, 2.24) is 4.31 Å². The minimum absolute atomic E-state index is 0.0301. The van der Waals surface area contributed by atoms with E-state index in [9.17, 15) is 12.8 Å². The molecule has 2 N–H and O–H groups in total. The number of hydrogen-bond acceptors (Lipinski definition) is 4. The van der Waals surface area contributed by atoms with Crippen molar-refractivity contribution in [2.45, 2.75) is 11.8 Å². The zero-order valence-corrected chi connectivity index (χ0v) is 12.2. The summed E-state index contributed by atoms with van der Waals surface area (Å²) in [5.41, 5.74) is 5.54. The number of sulfonamides is 1. The van der Waals surface area contributed by atoms with Crippen molar-refractivity contribution >= 4 is 27.5 Å². The molecule has 0 spiro atoms. The summed E-state index contributed by atoms with van der Waals surface area (Å²) >= 11 is 1.56. The van der Waals surface area contributed by atoms with E-state index < -0.39 is 15.8 Å². The SMILES string of the molecule is CSCCN(C)S(=O)(=O)c1cc(C)c(F)c(N)c1. The molecule has 0 radical (unpaired) electrons. The smallest absolute Gasteiger partial charge is 0.242 e. The van der Waals surface area contributed by atoms with Crippen molar-refractivity contribution in [3.8, 4) is 0 Å². The van der Waals surface area contributed by atoms with Crippen LogP contribution >= 0.6 is 11.8 Å². The Hall–Kier alpha value is -0.790. The normalized spacial score (nSPS) is 12.1. The molecule has 1 rings (SSSR count). The Morgan fingerprint density at radius 3 is 2.56 bits per heavy atom. The number of benzene rings is 1. The van der Waals surface area contributed by atoms with E-state index in [1.54, 1.807) is 11.8 Å². The fraction of sp³-hybridized carbons (Fsp3) is 0.455. The average Bonchev–Trinajstić information content (AvgIpc) is 2.32. The van der Waals surface area contributed by atoms with Crippen LogP contribution in [0.25, 0.3) is 0 Å². The first-order valence-corrected chi connectivity index (χ1v) is 8.15. The Bertz CT molecular complexity index is 509. The molecule has 0 aliphatic carbocycles. The van der Waals surface area contributed by atoms with Gasteiger partial charge in [0.15, 0.2) is 0 Å². The van der Waals surface area contributed by atoms with Crippen LogP contribution in [0.5, 0.6) is 0 Å². The monoisotopic (exact) mass is 292 g/mol. The molecular formula is C11H17FN2O2S2. The minimum atomic E-state index is -3.60. The largest absolute Gasteiger partial charge is 0.396 e. The van der Waals surface area contributed by atoms with Crippen LogP contribution < -0.4 is 5.73 Å². The van der Waals surface area contributed by atoms with Gasteiger partial charge in [0.05, 0.1) is 10.6 Å². The summed E-state index contributed by atoms with van der Waals surface area (Å²) in [6, 6.07) is 2.46. The molecule has 1 aromatic rings. The molecule has 0 bridgehead atoms. The summed E-state index contributed by atoms with van der Waals surface area (Å²) in [6.45, 7) is 1.90. The van der Waals surface area contributed by atoms with E-state index >= 15 is 0 Å². The van der Waals surface area contributed by atoms with Gasteiger partial charge in [0.1, 0.15) is 5.82 Å². The van der Waals surface area contributed by atoms with Crippen LogP contribution in [0.2, 0.25) is 0 Å². The van der Waals surface area contributed by atoms with Gasteiger partial charge in [-0.3, -0.25) is 0 Å². The standard InChI is InChI=1S/C11H17FN2O2S2/c1-8-6-9(7-10(13)11(8)12)18(15,16)14(2)4-5-17-3/h6-7H,4-5,13H2,1-3H3. The van der Waals surface area contributed by atoms with E-state index in [1.165, 1.54) is 24.3 Å². The summed E-state index contributed by atoms with van der Waals surface area (Å²) in [4.78, 5) is 0.0301. The minimum Gasteiger partial charge on any atom is -0.396 e. The van der Waals surface area contributed by atoms with Crippen LogP contribution in [0.3, 0.4) is 0 Å². The molecule has 102 valence electrons. The first-order chi connectivity index (χ1) is 8.30. The highest BCUT2D eigenvalue weighted by molar-refractivity contribution is 7.98. The Kier molecular flexibility index (Phi) is 5.01.